The Morgan fingerprint density at radius 1 is 0.800 bits per heavy atom. The number of unbranched alkanes of at least 4 members (excludes halogenated alkanes) is 8. The van der Waals surface area contributed by atoms with Gasteiger partial charge in [0.2, 0.25) is 0 Å². The van der Waals surface area contributed by atoms with Gasteiger partial charge in [0.1, 0.15) is 0 Å². The van der Waals surface area contributed by atoms with E-state index in [0.717, 1.165) is 44.9 Å². The second-order valence-corrected chi connectivity index (χ2v) is 6.43. The molecular weight excluding hydrogens is 320 g/mol. The smallest absolute Gasteiger partial charge is 0.308 e. The van der Waals surface area contributed by atoms with Crippen LogP contribution in [0.25, 0.3) is 0 Å². The predicted octanol–water partition coefficient (Wildman–Crippen LogP) is 4.32. The normalized spacial score (nSPS) is 12.3. The van der Waals surface area contributed by atoms with Crippen LogP contribution in [0.15, 0.2) is 12.2 Å². The molecule has 0 aliphatic heterocycles. The number of aliphatic hydroxyl groups excluding tert-OH is 1. The molecule has 5 nitrogen and oxygen atoms in total. The summed E-state index contributed by atoms with van der Waals surface area (Å²) in [5, 5.41) is 9.63. The predicted molar refractivity (Wildman–Crippen MR) is 99.2 cm³/mol. The van der Waals surface area contributed by atoms with E-state index < -0.39 is 6.10 Å². The van der Waals surface area contributed by atoms with E-state index in [-0.39, 0.29) is 18.4 Å². The summed E-state index contributed by atoms with van der Waals surface area (Å²) in [6.07, 6.45) is 16.2. The zero-order chi connectivity index (χ0) is 18.8. The Morgan fingerprint density at radius 2 is 1.32 bits per heavy atom. The number of hydrogen-bond acceptors (Lipinski definition) is 5. The number of aliphatic hydroxyl groups is 1. The lowest BCUT2D eigenvalue weighted by Crippen LogP contribution is -2.14. The van der Waals surface area contributed by atoms with Crippen molar-refractivity contribution in [3.05, 3.63) is 12.2 Å². The summed E-state index contributed by atoms with van der Waals surface area (Å²) in [5.74, 6) is -0.459. The largest absolute Gasteiger partial charge is 0.469 e. The molecule has 0 aliphatic rings. The second-order valence-electron chi connectivity index (χ2n) is 6.43. The van der Waals surface area contributed by atoms with E-state index in [1.807, 2.05) is 0 Å². The Bertz CT molecular complexity index is 365. The van der Waals surface area contributed by atoms with Crippen molar-refractivity contribution < 1.29 is 24.2 Å². The third kappa shape index (κ3) is 17.3. The molecular formula is C20H36O5. The van der Waals surface area contributed by atoms with Gasteiger partial charge in [-0.3, -0.25) is 9.59 Å². The standard InChI is InChI=1S/C20H36O5/c1-24-19(22)16-14-12-10-8-6-4-3-5-7-9-11-13-15-18(21)17-20(23)25-2/h3,5,18,21H,4,6-17H2,1-2H3/b5-3-. The minimum Gasteiger partial charge on any atom is -0.469 e. The van der Waals surface area contributed by atoms with Crippen LogP contribution in [0.2, 0.25) is 0 Å². The Balaban J connectivity index is 3.28. The van der Waals surface area contributed by atoms with E-state index in [2.05, 4.69) is 21.6 Å². The maximum absolute atomic E-state index is 11.0. The first-order valence-electron chi connectivity index (χ1n) is 9.56. The monoisotopic (exact) mass is 356 g/mol. The van der Waals surface area contributed by atoms with Gasteiger partial charge in [0, 0.05) is 6.42 Å². The molecule has 25 heavy (non-hydrogen) atoms. The third-order valence-electron chi connectivity index (χ3n) is 4.18. The molecule has 1 N–H and O–H groups in total. The highest BCUT2D eigenvalue weighted by molar-refractivity contribution is 5.69. The number of esters is 2. The number of methoxy groups -OCH3 is 2. The molecule has 0 radical (unpaired) electrons. The van der Waals surface area contributed by atoms with Gasteiger partial charge >= 0.3 is 11.9 Å². The van der Waals surface area contributed by atoms with Gasteiger partial charge in [0.15, 0.2) is 0 Å². The summed E-state index contributed by atoms with van der Waals surface area (Å²) in [6.45, 7) is 0. The van der Waals surface area contributed by atoms with Gasteiger partial charge in [-0.25, -0.2) is 0 Å². The maximum Gasteiger partial charge on any atom is 0.308 e. The van der Waals surface area contributed by atoms with Crippen LogP contribution in [-0.4, -0.2) is 37.4 Å². The van der Waals surface area contributed by atoms with Gasteiger partial charge in [-0.1, -0.05) is 44.3 Å². The van der Waals surface area contributed by atoms with Crippen molar-refractivity contribution >= 4 is 11.9 Å². The SMILES string of the molecule is COC(=O)CCCCCCC/C=C\CCCCCC(O)CC(=O)OC. The van der Waals surface area contributed by atoms with E-state index in [4.69, 9.17) is 0 Å². The summed E-state index contributed by atoms with van der Waals surface area (Å²) in [6, 6.07) is 0. The number of carbonyl (C=O) groups is 2. The fourth-order valence-electron chi connectivity index (χ4n) is 2.60. The summed E-state index contributed by atoms with van der Waals surface area (Å²) < 4.78 is 9.14. The van der Waals surface area contributed by atoms with E-state index in [9.17, 15) is 14.7 Å². The van der Waals surface area contributed by atoms with Crippen LogP contribution < -0.4 is 0 Å². The van der Waals surface area contributed by atoms with Crippen LogP contribution >= 0.6 is 0 Å². The molecule has 0 rings (SSSR count). The molecule has 0 saturated carbocycles. The first-order chi connectivity index (χ1) is 12.1. The van der Waals surface area contributed by atoms with Crippen molar-refractivity contribution in [3.63, 3.8) is 0 Å². The average Bonchev–Trinajstić information content (AvgIpc) is 2.61. The molecule has 0 aromatic carbocycles. The topological polar surface area (TPSA) is 72.8 Å². The lowest BCUT2D eigenvalue weighted by molar-refractivity contribution is -0.143. The van der Waals surface area contributed by atoms with Gasteiger partial charge in [0.05, 0.1) is 26.7 Å². The molecule has 0 saturated heterocycles. The molecule has 0 heterocycles. The Hall–Kier alpha value is -1.36. The van der Waals surface area contributed by atoms with E-state index >= 15 is 0 Å². The summed E-state index contributed by atoms with van der Waals surface area (Å²) in [4.78, 5) is 21.9. The van der Waals surface area contributed by atoms with Crippen molar-refractivity contribution in [1.29, 1.82) is 0 Å². The van der Waals surface area contributed by atoms with Crippen molar-refractivity contribution in [3.8, 4) is 0 Å². The van der Waals surface area contributed by atoms with Crippen molar-refractivity contribution in [2.45, 2.75) is 89.6 Å². The molecule has 0 aliphatic carbocycles. The molecule has 0 bridgehead atoms. The molecule has 0 amide bonds. The molecule has 146 valence electrons. The van der Waals surface area contributed by atoms with Gasteiger partial charge in [-0.05, 0) is 38.5 Å². The number of ether oxygens (including phenoxy) is 2. The van der Waals surface area contributed by atoms with Crippen LogP contribution in [0.3, 0.4) is 0 Å². The van der Waals surface area contributed by atoms with Gasteiger partial charge in [0.25, 0.3) is 0 Å². The fraction of sp³-hybridized carbons (Fsp3) is 0.800. The highest BCUT2D eigenvalue weighted by Crippen LogP contribution is 2.10. The van der Waals surface area contributed by atoms with Gasteiger partial charge in [-0.2, -0.15) is 0 Å². The van der Waals surface area contributed by atoms with Crippen molar-refractivity contribution in [2.24, 2.45) is 0 Å². The summed E-state index contributed by atoms with van der Waals surface area (Å²) >= 11 is 0. The average molecular weight is 357 g/mol. The van der Waals surface area contributed by atoms with E-state index in [1.165, 1.54) is 33.5 Å². The fourth-order valence-corrected chi connectivity index (χ4v) is 2.60. The molecule has 0 fully saturated rings. The zero-order valence-corrected chi connectivity index (χ0v) is 16.0. The van der Waals surface area contributed by atoms with Crippen LogP contribution in [0, 0.1) is 0 Å². The minimum atomic E-state index is -0.574. The minimum absolute atomic E-state index is 0.0963. The molecule has 0 aromatic rings. The van der Waals surface area contributed by atoms with Gasteiger partial charge in [-0.15, -0.1) is 0 Å². The highest BCUT2D eigenvalue weighted by Gasteiger charge is 2.09. The van der Waals surface area contributed by atoms with Crippen LogP contribution in [0.5, 0.6) is 0 Å². The van der Waals surface area contributed by atoms with E-state index in [0.29, 0.717) is 12.8 Å². The first kappa shape index (κ1) is 23.6. The Morgan fingerprint density at radius 3 is 1.92 bits per heavy atom. The summed E-state index contributed by atoms with van der Waals surface area (Å²) in [7, 11) is 2.77. The zero-order valence-electron chi connectivity index (χ0n) is 16.0. The quantitative estimate of drug-likeness (QED) is 0.253. The molecule has 0 spiro atoms. The first-order valence-corrected chi connectivity index (χ1v) is 9.56. The Kier molecular flexibility index (Phi) is 16.5. The number of allylic oxidation sites excluding steroid dienone is 2. The number of rotatable bonds is 16. The lowest BCUT2D eigenvalue weighted by atomic mass is 10.1. The molecule has 1 unspecified atom stereocenters. The molecule has 5 heteroatoms. The molecule has 1 atom stereocenters. The van der Waals surface area contributed by atoms with Crippen molar-refractivity contribution in [1.82, 2.24) is 0 Å². The third-order valence-corrected chi connectivity index (χ3v) is 4.18. The summed E-state index contributed by atoms with van der Waals surface area (Å²) in [5.41, 5.74) is 0. The van der Waals surface area contributed by atoms with Gasteiger partial charge < -0.3 is 14.6 Å². The Labute approximate surface area is 152 Å². The highest BCUT2D eigenvalue weighted by atomic mass is 16.5. The van der Waals surface area contributed by atoms with Crippen LogP contribution in [-0.2, 0) is 19.1 Å². The van der Waals surface area contributed by atoms with Crippen molar-refractivity contribution in [2.75, 3.05) is 14.2 Å². The van der Waals surface area contributed by atoms with Crippen LogP contribution in [0.1, 0.15) is 83.5 Å². The van der Waals surface area contributed by atoms with E-state index in [1.54, 1.807) is 0 Å². The maximum atomic E-state index is 11.0. The lowest BCUT2D eigenvalue weighted by Gasteiger charge is -2.08. The van der Waals surface area contributed by atoms with Crippen LogP contribution in [0.4, 0.5) is 0 Å². The number of hydrogen-bond donors (Lipinski definition) is 1. The molecule has 0 aromatic heterocycles. The second kappa shape index (κ2) is 17.5. The number of carbonyl (C=O) groups excluding carboxylic acids is 2.